The van der Waals surface area contributed by atoms with Gasteiger partial charge in [0.2, 0.25) is 10.0 Å². The van der Waals surface area contributed by atoms with Gasteiger partial charge in [-0.2, -0.15) is 4.31 Å². The van der Waals surface area contributed by atoms with Crippen LogP contribution in [0.1, 0.15) is 40.2 Å². The van der Waals surface area contributed by atoms with Gasteiger partial charge in [-0.15, -0.1) is 0 Å². The van der Waals surface area contributed by atoms with E-state index < -0.39 is 16.1 Å². The van der Waals surface area contributed by atoms with Crippen molar-refractivity contribution in [3.8, 4) is 0 Å². The summed E-state index contributed by atoms with van der Waals surface area (Å²) >= 11 is 0. The van der Waals surface area contributed by atoms with Gasteiger partial charge in [-0.1, -0.05) is 30.3 Å². The molecule has 0 bridgehead atoms. The minimum atomic E-state index is -3.69. The summed E-state index contributed by atoms with van der Waals surface area (Å²) in [4.78, 5) is 19.6. The SMILES string of the molecule is C[C@H](c1ccco1)N(C(=O)c1ccc(S(=O)(=O)N2CCc3ccccc3C2)cc1)c1ccccn1. The average Bonchev–Trinajstić information content (AvgIpc) is 3.44. The molecule has 0 aliphatic carbocycles. The van der Waals surface area contributed by atoms with Crippen molar-refractivity contribution in [1.82, 2.24) is 9.29 Å². The van der Waals surface area contributed by atoms with Crippen LogP contribution in [0.15, 0.2) is 101 Å². The lowest BCUT2D eigenvalue weighted by molar-refractivity contribution is 0.0974. The van der Waals surface area contributed by atoms with E-state index in [2.05, 4.69) is 4.98 Å². The lowest BCUT2D eigenvalue weighted by Crippen LogP contribution is -2.36. The van der Waals surface area contributed by atoms with Crippen molar-refractivity contribution in [2.75, 3.05) is 11.4 Å². The fraction of sp³-hybridized carbons (Fsp3) is 0.185. The highest BCUT2D eigenvalue weighted by molar-refractivity contribution is 7.89. The smallest absolute Gasteiger partial charge is 0.260 e. The Balaban J connectivity index is 1.41. The highest BCUT2D eigenvalue weighted by Crippen LogP contribution is 2.29. The summed E-state index contributed by atoms with van der Waals surface area (Å²) in [7, 11) is -3.69. The molecule has 1 amide bonds. The van der Waals surface area contributed by atoms with Crippen molar-refractivity contribution in [3.05, 3.63) is 114 Å². The molecule has 0 N–H and O–H groups in total. The van der Waals surface area contributed by atoms with Gasteiger partial charge in [0, 0.05) is 24.8 Å². The zero-order chi connectivity index (χ0) is 24.4. The summed E-state index contributed by atoms with van der Waals surface area (Å²) in [5, 5.41) is 0. The molecular weight excluding hydrogens is 462 g/mol. The van der Waals surface area contributed by atoms with E-state index in [1.54, 1.807) is 53.8 Å². The molecule has 35 heavy (non-hydrogen) atoms. The predicted molar refractivity (Wildman–Crippen MR) is 132 cm³/mol. The van der Waals surface area contributed by atoms with Crippen LogP contribution in [-0.2, 0) is 23.0 Å². The van der Waals surface area contributed by atoms with Gasteiger partial charge in [-0.25, -0.2) is 13.4 Å². The first-order chi connectivity index (χ1) is 16.9. The number of anilines is 1. The van der Waals surface area contributed by atoms with E-state index in [4.69, 9.17) is 4.42 Å². The molecule has 1 aliphatic heterocycles. The van der Waals surface area contributed by atoms with E-state index in [1.165, 1.54) is 22.0 Å². The number of amides is 1. The first-order valence-electron chi connectivity index (χ1n) is 11.4. The summed E-state index contributed by atoms with van der Waals surface area (Å²) < 4.78 is 33.6. The Morgan fingerprint density at radius 3 is 2.40 bits per heavy atom. The summed E-state index contributed by atoms with van der Waals surface area (Å²) in [5.74, 6) is 0.794. The Morgan fingerprint density at radius 1 is 0.971 bits per heavy atom. The molecular formula is C27H25N3O4S. The number of furan rings is 1. The number of carbonyl (C=O) groups excluding carboxylic acids is 1. The van der Waals surface area contributed by atoms with E-state index in [1.807, 2.05) is 37.3 Å². The lowest BCUT2D eigenvalue weighted by atomic mass is 10.0. The lowest BCUT2D eigenvalue weighted by Gasteiger charge is -2.28. The maximum atomic E-state index is 13.6. The molecule has 2 aromatic heterocycles. The quantitative estimate of drug-likeness (QED) is 0.389. The standard InChI is InChI=1S/C27H25N3O4S/c1-20(25-9-6-18-34-25)30(26-10-4-5-16-28-26)27(31)22-11-13-24(14-12-22)35(32,33)29-17-15-21-7-2-3-8-23(21)19-29/h2-14,16,18,20H,15,17,19H2,1H3/t20-/m1/s1. The second-order valence-electron chi connectivity index (χ2n) is 8.44. The van der Waals surface area contributed by atoms with E-state index in [-0.39, 0.29) is 10.8 Å². The molecule has 3 heterocycles. The molecule has 5 rings (SSSR count). The van der Waals surface area contributed by atoms with Crippen LogP contribution in [0.2, 0.25) is 0 Å². The number of rotatable bonds is 6. The number of sulfonamides is 1. The van der Waals surface area contributed by atoms with Crippen LogP contribution >= 0.6 is 0 Å². The molecule has 0 radical (unpaired) electrons. The Bertz CT molecular complexity index is 1420. The third-order valence-corrected chi connectivity index (χ3v) is 8.15. The average molecular weight is 488 g/mol. The molecule has 0 saturated carbocycles. The molecule has 2 aromatic carbocycles. The minimum Gasteiger partial charge on any atom is -0.467 e. The second-order valence-corrected chi connectivity index (χ2v) is 10.4. The summed E-state index contributed by atoms with van der Waals surface area (Å²) in [6.07, 6.45) is 3.86. The molecule has 0 spiro atoms. The highest BCUT2D eigenvalue weighted by Gasteiger charge is 2.30. The first-order valence-corrected chi connectivity index (χ1v) is 12.8. The fourth-order valence-corrected chi connectivity index (χ4v) is 5.78. The van der Waals surface area contributed by atoms with Gasteiger partial charge >= 0.3 is 0 Å². The zero-order valence-electron chi connectivity index (χ0n) is 19.2. The number of fused-ring (bicyclic) bond motifs is 1. The fourth-order valence-electron chi connectivity index (χ4n) is 4.36. The van der Waals surface area contributed by atoms with Gasteiger partial charge in [-0.3, -0.25) is 9.69 Å². The van der Waals surface area contributed by atoms with Crippen LogP contribution in [0, 0.1) is 0 Å². The van der Waals surface area contributed by atoms with Gasteiger partial charge in [0.1, 0.15) is 11.6 Å². The summed E-state index contributed by atoms with van der Waals surface area (Å²) in [6.45, 7) is 2.62. The Hall–Kier alpha value is -3.75. The maximum absolute atomic E-state index is 13.6. The van der Waals surface area contributed by atoms with Gasteiger partial charge in [0.15, 0.2) is 0 Å². The molecule has 7 nitrogen and oxygen atoms in total. The number of pyridine rings is 1. The number of hydrogen-bond acceptors (Lipinski definition) is 5. The number of benzene rings is 2. The predicted octanol–water partition coefficient (Wildman–Crippen LogP) is 4.83. The van der Waals surface area contributed by atoms with Crippen molar-refractivity contribution >= 4 is 21.7 Å². The molecule has 0 unspecified atom stereocenters. The molecule has 178 valence electrons. The van der Waals surface area contributed by atoms with E-state index in [9.17, 15) is 13.2 Å². The largest absolute Gasteiger partial charge is 0.467 e. The molecule has 1 atom stereocenters. The van der Waals surface area contributed by atoms with Gasteiger partial charge in [0.25, 0.3) is 5.91 Å². The van der Waals surface area contributed by atoms with E-state index >= 15 is 0 Å². The van der Waals surface area contributed by atoms with Crippen LogP contribution in [0.25, 0.3) is 0 Å². The third kappa shape index (κ3) is 4.50. The van der Waals surface area contributed by atoms with Crippen molar-refractivity contribution in [2.45, 2.75) is 30.8 Å². The van der Waals surface area contributed by atoms with Crippen LogP contribution in [0.3, 0.4) is 0 Å². The Morgan fingerprint density at radius 2 is 1.71 bits per heavy atom. The topological polar surface area (TPSA) is 83.7 Å². The van der Waals surface area contributed by atoms with Gasteiger partial charge in [0.05, 0.1) is 17.2 Å². The molecule has 1 aliphatic rings. The number of hydrogen-bond donors (Lipinski definition) is 0. The Labute approximate surface area is 204 Å². The number of carbonyl (C=O) groups is 1. The summed E-state index contributed by atoms with van der Waals surface area (Å²) in [5.41, 5.74) is 2.56. The monoisotopic (exact) mass is 487 g/mol. The van der Waals surface area contributed by atoms with Gasteiger partial charge < -0.3 is 4.42 Å². The minimum absolute atomic E-state index is 0.164. The van der Waals surface area contributed by atoms with Crippen LogP contribution in [0.4, 0.5) is 5.82 Å². The van der Waals surface area contributed by atoms with Crippen LogP contribution < -0.4 is 4.90 Å². The van der Waals surface area contributed by atoms with Crippen LogP contribution in [-0.4, -0.2) is 30.2 Å². The first kappa shape index (κ1) is 23.0. The highest BCUT2D eigenvalue weighted by atomic mass is 32.2. The van der Waals surface area contributed by atoms with Gasteiger partial charge in [-0.05, 0) is 73.0 Å². The molecule has 8 heteroatoms. The van der Waals surface area contributed by atoms with Crippen molar-refractivity contribution in [3.63, 3.8) is 0 Å². The normalized spacial score (nSPS) is 14.8. The number of aromatic nitrogens is 1. The molecule has 0 saturated heterocycles. The number of nitrogens with zero attached hydrogens (tertiary/aromatic N) is 3. The van der Waals surface area contributed by atoms with Crippen LogP contribution in [0.5, 0.6) is 0 Å². The summed E-state index contributed by atoms with van der Waals surface area (Å²) in [6, 6.07) is 22.5. The zero-order valence-corrected chi connectivity index (χ0v) is 20.1. The third-order valence-electron chi connectivity index (χ3n) is 6.29. The van der Waals surface area contributed by atoms with Crippen molar-refractivity contribution < 1.29 is 17.6 Å². The van der Waals surface area contributed by atoms with Crippen molar-refractivity contribution in [1.29, 1.82) is 0 Å². The van der Waals surface area contributed by atoms with Crippen molar-refractivity contribution in [2.24, 2.45) is 0 Å². The molecule has 0 fully saturated rings. The molecule has 4 aromatic rings. The maximum Gasteiger partial charge on any atom is 0.260 e. The van der Waals surface area contributed by atoms with E-state index in [0.717, 1.165) is 5.56 Å². The van der Waals surface area contributed by atoms with E-state index in [0.29, 0.717) is 36.7 Å². The second kappa shape index (κ2) is 9.48. The Kier molecular flexibility index (Phi) is 6.23.